The summed E-state index contributed by atoms with van der Waals surface area (Å²) in [4.78, 5) is 0. The third-order valence-corrected chi connectivity index (χ3v) is 4.36. The Morgan fingerprint density at radius 1 is 1.17 bits per heavy atom. The molecule has 5 heteroatoms. The van der Waals surface area contributed by atoms with E-state index in [0.717, 1.165) is 6.07 Å². The fraction of sp³-hybridized carbons (Fsp3) is 0.143. The van der Waals surface area contributed by atoms with E-state index in [9.17, 15) is 13.2 Å². The van der Waals surface area contributed by atoms with Gasteiger partial charge < -0.3 is 0 Å². The summed E-state index contributed by atoms with van der Waals surface area (Å²) in [6, 6.07) is 5.62. The molecule has 0 heterocycles. The van der Waals surface area contributed by atoms with E-state index in [1.165, 1.54) is 12.1 Å². The molecule has 0 nitrogen and oxygen atoms in total. The van der Waals surface area contributed by atoms with Gasteiger partial charge in [-0.25, -0.2) is 0 Å². The van der Waals surface area contributed by atoms with Crippen molar-refractivity contribution < 1.29 is 13.2 Å². The molecular weight excluding hydrogens is 299 g/mol. The number of rotatable bonds is 1. The van der Waals surface area contributed by atoms with E-state index >= 15 is 0 Å². The predicted molar refractivity (Wildman–Crippen MR) is 42.6 cm³/mol. The molecule has 1 aromatic rings. The molecule has 0 bridgehead atoms. The van der Waals surface area contributed by atoms with Crippen molar-refractivity contribution in [3.63, 3.8) is 0 Å². The standard InChI is InChI=1S/C7H4F3Se2/c8-7(9,10)5-3-1-2-4-6(5)12-11/h1-4H. The third-order valence-electron chi connectivity index (χ3n) is 1.28. The Bertz CT molecular complexity index is 270. The molecule has 0 unspecified atom stereocenters. The van der Waals surface area contributed by atoms with Crippen molar-refractivity contribution >= 4 is 31.8 Å². The number of halogens is 3. The van der Waals surface area contributed by atoms with Gasteiger partial charge in [-0.1, -0.05) is 0 Å². The Labute approximate surface area is 81.1 Å². The molecule has 0 saturated carbocycles. The van der Waals surface area contributed by atoms with Crippen molar-refractivity contribution in [3.8, 4) is 0 Å². The molecule has 65 valence electrons. The minimum atomic E-state index is -4.22. The summed E-state index contributed by atoms with van der Waals surface area (Å²) in [5, 5.41) is 0. The van der Waals surface area contributed by atoms with Crippen LogP contribution in [-0.2, 0) is 6.18 Å². The van der Waals surface area contributed by atoms with Gasteiger partial charge in [0.15, 0.2) is 0 Å². The summed E-state index contributed by atoms with van der Waals surface area (Å²) in [6.07, 6.45) is -4.22. The van der Waals surface area contributed by atoms with Crippen LogP contribution in [0.25, 0.3) is 0 Å². The van der Waals surface area contributed by atoms with Crippen LogP contribution in [0, 0.1) is 0 Å². The molecule has 0 spiro atoms. The van der Waals surface area contributed by atoms with Crippen LogP contribution in [0.2, 0.25) is 0 Å². The van der Waals surface area contributed by atoms with E-state index in [4.69, 9.17) is 0 Å². The van der Waals surface area contributed by atoms with Gasteiger partial charge in [0, 0.05) is 0 Å². The zero-order valence-electron chi connectivity index (χ0n) is 5.76. The molecular formula is C7H4F3Se2. The van der Waals surface area contributed by atoms with E-state index in [-0.39, 0.29) is 13.1 Å². The molecule has 0 aromatic heterocycles. The van der Waals surface area contributed by atoms with Gasteiger partial charge in [0.1, 0.15) is 0 Å². The van der Waals surface area contributed by atoms with Gasteiger partial charge in [-0.2, -0.15) is 0 Å². The number of alkyl halides is 3. The van der Waals surface area contributed by atoms with Crippen LogP contribution in [0.5, 0.6) is 0 Å². The predicted octanol–water partition coefficient (Wildman–Crippen LogP) is 1.12. The Morgan fingerprint density at radius 3 is 2.17 bits per heavy atom. The fourth-order valence-electron chi connectivity index (χ4n) is 0.773. The zero-order chi connectivity index (χ0) is 9.19. The average Bonchev–Trinajstić information content (AvgIpc) is 2.03. The van der Waals surface area contributed by atoms with E-state index < -0.39 is 11.7 Å². The van der Waals surface area contributed by atoms with E-state index in [1.54, 1.807) is 6.07 Å². The van der Waals surface area contributed by atoms with Gasteiger partial charge in [0.2, 0.25) is 0 Å². The van der Waals surface area contributed by atoms with Crippen LogP contribution in [0.15, 0.2) is 24.3 Å². The summed E-state index contributed by atoms with van der Waals surface area (Å²) in [5.74, 6) is 0. The molecule has 1 rings (SSSR count). The van der Waals surface area contributed by atoms with Crippen molar-refractivity contribution in [1.82, 2.24) is 0 Å². The normalized spacial score (nSPS) is 11.7. The first-order valence-corrected chi connectivity index (χ1v) is 8.20. The molecule has 0 aliphatic carbocycles. The van der Waals surface area contributed by atoms with Gasteiger partial charge in [-0.3, -0.25) is 0 Å². The first kappa shape index (κ1) is 10.1. The average molecular weight is 303 g/mol. The summed E-state index contributed by atoms with van der Waals surface area (Å²) in [7, 11) is 0. The molecule has 0 amide bonds. The molecule has 1 aromatic carbocycles. The van der Waals surface area contributed by atoms with Gasteiger partial charge >= 0.3 is 81.0 Å². The molecule has 1 radical (unpaired) electrons. The zero-order valence-corrected chi connectivity index (χ0v) is 9.19. The first-order chi connectivity index (χ1) is 5.55. The second-order valence-corrected chi connectivity index (χ2v) is 5.17. The third kappa shape index (κ3) is 2.27. The van der Waals surface area contributed by atoms with Crippen LogP contribution in [0.4, 0.5) is 13.2 Å². The quantitative estimate of drug-likeness (QED) is 0.682. The van der Waals surface area contributed by atoms with Gasteiger partial charge in [-0.05, 0) is 0 Å². The number of hydrogen-bond acceptors (Lipinski definition) is 0. The summed E-state index contributed by atoms with van der Waals surface area (Å²) in [5.41, 5.74) is -0.524. The monoisotopic (exact) mass is 305 g/mol. The van der Waals surface area contributed by atoms with Crippen molar-refractivity contribution in [2.75, 3.05) is 0 Å². The summed E-state index contributed by atoms with van der Waals surface area (Å²) < 4.78 is 37.1. The van der Waals surface area contributed by atoms with Crippen molar-refractivity contribution in [2.24, 2.45) is 0 Å². The Kier molecular flexibility index (Phi) is 3.24. The van der Waals surface area contributed by atoms with Crippen LogP contribution in [-0.4, -0.2) is 27.3 Å². The van der Waals surface area contributed by atoms with Crippen LogP contribution in [0.1, 0.15) is 5.56 Å². The molecule has 0 fully saturated rings. The number of hydrogen-bond donors (Lipinski definition) is 0. The second-order valence-electron chi connectivity index (χ2n) is 2.08. The Hall–Kier alpha value is 0.0490. The van der Waals surface area contributed by atoms with Crippen molar-refractivity contribution in [1.29, 1.82) is 0 Å². The topological polar surface area (TPSA) is 0 Å². The van der Waals surface area contributed by atoms with Crippen molar-refractivity contribution in [3.05, 3.63) is 29.8 Å². The van der Waals surface area contributed by atoms with Gasteiger partial charge in [0.25, 0.3) is 0 Å². The molecule has 12 heavy (non-hydrogen) atoms. The second kappa shape index (κ2) is 3.84. The molecule has 0 atom stereocenters. The van der Waals surface area contributed by atoms with Gasteiger partial charge in [-0.15, -0.1) is 0 Å². The SMILES string of the molecule is FC(F)(F)c1ccccc1[Se][Se]. The maximum atomic E-state index is 12.2. The molecule has 0 aliphatic rings. The van der Waals surface area contributed by atoms with Crippen molar-refractivity contribution in [2.45, 2.75) is 6.18 Å². The van der Waals surface area contributed by atoms with E-state index in [2.05, 4.69) is 14.2 Å². The molecule has 0 aliphatic heterocycles. The summed E-state index contributed by atoms with van der Waals surface area (Å²) >= 11 is 2.40. The summed E-state index contributed by atoms with van der Waals surface area (Å²) in [6.45, 7) is 0. The van der Waals surface area contributed by atoms with E-state index in [1.807, 2.05) is 0 Å². The maximum absolute atomic E-state index is 12.2. The Morgan fingerprint density at radius 2 is 1.75 bits per heavy atom. The molecule has 0 saturated heterocycles. The molecule has 0 N–H and O–H groups in total. The fourth-order valence-corrected chi connectivity index (χ4v) is 3.21. The first-order valence-electron chi connectivity index (χ1n) is 3.02. The number of benzene rings is 1. The Balaban J connectivity index is 3.14. The van der Waals surface area contributed by atoms with Gasteiger partial charge in [0.05, 0.1) is 0 Å². The van der Waals surface area contributed by atoms with Crippen LogP contribution >= 0.6 is 0 Å². The van der Waals surface area contributed by atoms with Crippen LogP contribution < -0.4 is 4.46 Å². The minimum absolute atomic E-state index is 0.230. The van der Waals surface area contributed by atoms with E-state index in [0.29, 0.717) is 4.46 Å². The van der Waals surface area contributed by atoms with Crippen LogP contribution in [0.3, 0.4) is 0 Å².